The summed E-state index contributed by atoms with van der Waals surface area (Å²) in [5.74, 6) is 0.497. The SMILES string of the molecule is CN1C(=O)CC(C)(C)c2cc(C3=NNC(=O)C4CCCC34)ccc21. The largest absolute Gasteiger partial charge is 0.315 e. The Morgan fingerprint density at radius 2 is 1.96 bits per heavy atom. The molecular weight excluding hydrogens is 302 g/mol. The highest BCUT2D eigenvalue weighted by atomic mass is 16.2. The molecule has 1 N–H and O–H groups in total. The van der Waals surface area contributed by atoms with Crippen LogP contribution in [0, 0.1) is 11.8 Å². The molecule has 2 aliphatic heterocycles. The molecule has 2 unspecified atom stereocenters. The first-order chi connectivity index (χ1) is 11.4. The van der Waals surface area contributed by atoms with Gasteiger partial charge in [-0.25, -0.2) is 5.43 Å². The molecule has 2 atom stereocenters. The molecule has 1 aromatic carbocycles. The maximum absolute atomic E-state index is 12.2. The van der Waals surface area contributed by atoms with E-state index in [1.165, 1.54) is 5.56 Å². The van der Waals surface area contributed by atoms with Gasteiger partial charge in [0, 0.05) is 36.4 Å². The molecule has 126 valence electrons. The van der Waals surface area contributed by atoms with Crippen LogP contribution in [0.25, 0.3) is 0 Å². The molecule has 1 saturated carbocycles. The summed E-state index contributed by atoms with van der Waals surface area (Å²) in [7, 11) is 1.83. The Kier molecular flexibility index (Phi) is 3.31. The van der Waals surface area contributed by atoms with E-state index in [1.807, 2.05) is 19.2 Å². The summed E-state index contributed by atoms with van der Waals surface area (Å²) >= 11 is 0. The Labute approximate surface area is 142 Å². The normalized spacial score (nSPS) is 28.1. The van der Waals surface area contributed by atoms with Gasteiger partial charge in [-0.3, -0.25) is 9.59 Å². The van der Waals surface area contributed by atoms with Crippen LogP contribution in [0.15, 0.2) is 23.3 Å². The van der Waals surface area contributed by atoms with Crippen LogP contribution in [0.1, 0.15) is 50.7 Å². The van der Waals surface area contributed by atoms with Crippen LogP contribution in [0.3, 0.4) is 0 Å². The van der Waals surface area contributed by atoms with Gasteiger partial charge in [0.1, 0.15) is 0 Å². The Bertz CT molecular complexity index is 766. The number of rotatable bonds is 1. The highest BCUT2D eigenvalue weighted by Gasteiger charge is 2.41. The van der Waals surface area contributed by atoms with Crippen LogP contribution in [-0.4, -0.2) is 24.6 Å². The number of hydrogen-bond donors (Lipinski definition) is 1. The van der Waals surface area contributed by atoms with Crippen molar-refractivity contribution in [3.05, 3.63) is 29.3 Å². The number of amides is 2. The van der Waals surface area contributed by atoms with Crippen molar-refractivity contribution in [2.75, 3.05) is 11.9 Å². The molecule has 5 heteroatoms. The predicted molar refractivity (Wildman–Crippen MR) is 93.0 cm³/mol. The molecule has 0 aromatic heterocycles. The minimum atomic E-state index is -0.192. The molecule has 24 heavy (non-hydrogen) atoms. The molecule has 1 aliphatic carbocycles. The minimum Gasteiger partial charge on any atom is -0.315 e. The number of benzene rings is 1. The topological polar surface area (TPSA) is 61.8 Å². The van der Waals surface area contributed by atoms with Gasteiger partial charge in [-0.2, -0.15) is 5.10 Å². The van der Waals surface area contributed by atoms with Crippen molar-refractivity contribution in [2.24, 2.45) is 16.9 Å². The van der Waals surface area contributed by atoms with E-state index in [-0.39, 0.29) is 29.1 Å². The van der Waals surface area contributed by atoms with Crippen molar-refractivity contribution in [3.63, 3.8) is 0 Å². The van der Waals surface area contributed by atoms with E-state index in [1.54, 1.807) is 4.90 Å². The van der Waals surface area contributed by atoms with E-state index < -0.39 is 0 Å². The molecule has 0 saturated heterocycles. The Morgan fingerprint density at radius 1 is 1.21 bits per heavy atom. The van der Waals surface area contributed by atoms with E-state index in [2.05, 4.69) is 30.4 Å². The number of fused-ring (bicyclic) bond motifs is 2. The third-order valence-electron chi connectivity index (χ3n) is 5.84. The van der Waals surface area contributed by atoms with Crippen LogP contribution in [0.4, 0.5) is 5.69 Å². The van der Waals surface area contributed by atoms with Crippen molar-refractivity contribution in [2.45, 2.75) is 44.9 Å². The zero-order valence-corrected chi connectivity index (χ0v) is 14.4. The number of hydrazone groups is 1. The third kappa shape index (κ3) is 2.18. The van der Waals surface area contributed by atoms with E-state index >= 15 is 0 Å². The summed E-state index contributed by atoms with van der Waals surface area (Å²) in [6, 6.07) is 6.23. The smallest absolute Gasteiger partial charge is 0.243 e. The molecule has 0 bridgehead atoms. The first-order valence-electron chi connectivity index (χ1n) is 8.67. The quantitative estimate of drug-likeness (QED) is 0.862. The minimum absolute atomic E-state index is 0.0601. The molecular formula is C19H23N3O2. The van der Waals surface area contributed by atoms with Gasteiger partial charge in [-0.1, -0.05) is 26.3 Å². The van der Waals surface area contributed by atoms with Crippen LogP contribution >= 0.6 is 0 Å². The summed E-state index contributed by atoms with van der Waals surface area (Å²) < 4.78 is 0. The van der Waals surface area contributed by atoms with Crippen molar-refractivity contribution < 1.29 is 9.59 Å². The summed E-state index contributed by atoms with van der Waals surface area (Å²) in [6.45, 7) is 4.23. The summed E-state index contributed by atoms with van der Waals surface area (Å²) in [5, 5.41) is 4.39. The second-order valence-electron chi connectivity index (χ2n) is 7.86. The standard InChI is InChI=1S/C19H23N3O2/c1-19(2)10-16(23)22(3)15-8-7-11(9-14(15)19)17-12-5-4-6-13(12)18(24)21-20-17/h7-9,12-13H,4-6,10H2,1-3H3,(H,21,24). The van der Waals surface area contributed by atoms with Crippen LogP contribution in [0.2, 0.25) is 0 Å². The highest BCUT2D eigenvalue weighted by Crippen LogP contribution is 2.42. The first kappa shape index (κ1) is 15.4. The number of nitrogens with zero attached hydrogens (tertiary/aromatic N) is 2. The molecule has 3 aliphatic rings. The fraction of sp³-hybridized carbons (Fsp3) is 0.526. The second-order valence-corrected chi connectivity index (χ2v) is 7.86. The molecule has 2 amide bonds. The first-order valence-corrected chi connectivity index (χ1v) is 8.67. The fourth-order valence-electron chi connectivity index (χ4n) is 4.42. The Hall–Kier alpha value is -2.17. The molecule has 1 fully saturated rings. The lowest BCUT2D eigenvalue weighted by atomic mass is 9.75. The predicted octanol–water partition coefficient (Wildman–Crippen LogP) is 2.58. The van der Waals surface area contributed by atoms with Gasteiger partial charge in [0.2, 0.25) is 11.8 Å². The molecule has 0 radical (unpaired) electrons. The van der Waals surface area contributed by atoms with Crippen LogP contribution < -0.4 is 10.3 Å². The average molecular weight is 325 g/mol. The average Bonchev–Trinajstić information content (AvgIpc) is 3.03. The van der Waals surface area contributed by atoms with Crippen LogP contribution in [0.5, 0.6) is 0 Å². The highest BCUT2D eigenvalue weighted by molar-refractivity contribution is 6.08. The fourth-order valence-corrected chi connectivity index (χ4v) is 4.42. The lowest BCUT2D eigenvalue weighted by Gasteiger charge is -2.37. The maximum Gasteiger partial charge on any atom is 0.243 e. The van der Waals surface area contributed by atoms with Gasteiger partial charge in [0.15, 0.2) is 0 Å². The van der Waals surface area contributed by atoms with Gasteiger partial charge < -0.3 is 4.90 Å². The van der Waals surface area contributed by atoms with Crippen LogP contribution in [-0.2, 0) is 15.0 Å². The van der Waals surface area contributed by atoms with E-state index in [4.69, 9.17) is 0 Å². The monoisotopic (exact) mass is 325 g/mol. The Morgan fingerprint density at radius 3 is 2.75 bits per heavy atom. The van der Waals surface area contributed by atoms with E-state index in [9.17, 15) is 9.59 Å². The number of anilines is 1. The lowest BCUT2D eigenvalue weighted by molar-refractivity contribution is -0.126. The van der Waals surface area contributed by atoms with Crippen molar-refractivity contribution >= 4 is 23.2 Å². The van der Waals surface area contributed by atoms with E-state index in [0.717, 1.165) is 36.2 Å². The Balaban J connectivity index is 1.79. The summed E-state index contributed by atoms with van der Waals surface area (Å²) in [6.07, 6.45) is 3.56. The molecule has 2 heterocycles. The lowest BCUT2D eigenvalue weighted by Crippen LogP contribution is -2.41. The third-order valence-corrected chi connectivity index (χ3v) is 5.84. The van der Waals surface area contributed by atoms with Gasteiger partial charge in [0.05, 0.1) is 5.71 Å². The number of carbonyl (C=O) groups excluding carboxylic acids is 2. The van der Waals surface area contributed by atoms with E-state index in [0.29, 0.717) is 6.42 Å². The van der Waals surface area contributed by atoms with Gasteiger partial charge >= 0.3 is 0 Å². The molecule has 1 aromatic rings. The second kappa shape index (κ2) is 5.16. The summed E-state index contributed by atoms with van der Waals surface area (Å²) in [5.41, 5.74) is 6.73. The number of carbonyl (C=O) groups is 2. The zero-order valence-electron chi connectivity index (χ0n) is 14.4. The van der Waals surface area contributed by atoms with Gasteiger partial charge in [0.25, 0.3) is 0 Å². The molecule has 5 nitrogen and oxygen atoms in total. The van der Waals surface area contributed by atoms with Crippen molar-refractivity contribution in [1.29, 1.82) is 0 Å². The number of nitrogens with one attached hydrogen (secondary N) is 1. The van der Waals surface area contributed by atoms with Gasteiger partial charge in [-0.05, 0) is 36.1 Å². The molecule has 0 spiro atoms. The number of hydrogen-bond acceptors (Lipinski definition) is 3. The van der Waals surface area contributed by atoms with Crippen molar-refractivity contribution in [3.8, 4) is 0 Å². The molecule has 4 rings (SSSR count). The summed E-state index contributed by atoms with van der Waals surface area (Å²) in [4.78, 5) is 25.9. The maximum atomic E-state index is 12.2. The zero-order chi connectivity index (χ0) is 17.1. The van der Waals surface area contributed by atoms with Crippen molar-refractivity contribution in [1.82, 2.24) is 5.43 Å². The van der Waals surface area contributed by atoms with Gasteiger partial charge in [-0.15, -0.1) is 0 Å².